The first-order valence-corrected chi connectivity index (χ1v) is 7.93. The summed E-state index contributed by atoms with van der Waals surface area (Å²) in [5.74, 6) is 0. The zero-order valence-electron chi connectivity index (χ0n) is 12.5. The van der Waals surface area contributed by atoms with Gasteiger partial charge >= 0.3 is 0 Å². The van der Waals surface area contributed by atoms with E-state index in [2.05, 4.69) is 37.1 Å². The molecule has 3 nitrogen and oxygen atoms in total. The van der Waals surface area contributed by atoms with Gasteiger partial charge in [-0.3, -0.25) is 4.90 Å². The van der Waals surface area contributed by atoms with Gasteiger partial charge in [-0.25, -0.2) is 0 Å². The lowest BCUT2D eigenvalue weighted by Gasteiger charge is -2.44. The Morgan fingerprint density at radius 1 is 1.53 bits per heavy atom. The molecule has 3 unspecified atom stereocenters. The SMILES string of the molecule is COC1(C)CCCN(C(c2sccc2C)C(C)N)C1. The van der Waals surface area contributed by atoms with Gasteiger partial charge in [0.05, 0.1) is 11.6 Å². The van der Waals surface area contributed by atoms with Gasteiger partial charge in [-0.15, -0.1) is 11.3 Å². The van der Waals surface area contributed by atoms with Crippen molar-refractivity contribution >= 4 is 11.3 Å². The number of hydrogen-bond donors (Lipinski definition) is 1. The van der Waals surface area contributed by atoms with Gasteiger partial charge in [0.15, 0.2) is 0 Å². The highest BCUT2D eigenvalue weighted by atomic mass is 32.1. The molecule has 3 atom stereocenters. The maximum absolute atomic E-state index is 6.28. The summed E-state index contributed by atoms with van der Waals surface area (Å²) in [4.78, 5) is 3.92. The molecule has 1 aromatic heterocycles. The van der Waals surface area contributed by atoms with Gasteiger partial charge in [0.2, 0.25) is 0 Å². The molecule has 0 amide bonds. The second-order valence-corrected chi connectivity index (χ2v) is 6.95. The molecule has 1 aliphatic rings. The van der Waals surface area contributed by atoms with E-state index in [0.29, 0.717) is 6.04 Å². The number of nitrogens with two attached hydrogens (primary N) is 1. The molecule has 2 N–H and O–H groups in total. The van der Waals surface area contributed by atoms with E-state index < -0.39 is 0 Å². The van der Waals surface area contributed by atoms with Gasteiger partial charge in [-0.05, 0) is 57.2 Å². The monoisotopic (exact) mass is 282 g/mol. The number of methoxy groups -OCH3 is 1. The molecule has 1 saturated heterocycles. The fourth-order valence-electron chi connectivity index (χ4n) is 3.07. The van der Waals surface area contributed by atoms with E-state index in [1.165, 1.54) is 16.9 Å². The zero-order chi connectivity index (χ0) is 14.0. The van der Waals surface area contributed by atoms with Gasteiger partial charge < -0.3 is 10.5 Å². The van der Waals surface area contributed by atoms with Crippen LogP contribution in [0.25, 0.3) is 0 Å². The van der Waals surface area contributed by atoms with Gasteiger partial charge in [0.1, 0.15) is 0 Å². The number of rotatable bonds is 4. The average Bonchev–Trinajstić information content (AvgIpc) is 2.76. The third-order valence-corrected chi connectivity index (χ3v) is 5.33. The minimum Gasteiger partial charge on any atom is -0.377 e. The summed E-state index contributed by atoms with van der Waals surface area (Å²) in [5, 5.41) is 2.17. The second-order valence-electron chi connectivity index (χ2n) is 6.00. The van der Waals surface area contributed by atoms with Crippen molar-refractivity contribution < 1.29 is 4.74 Å². The van der Waals surface area contributed by atoms with Crippen LogP contribution >= 0.6 is 11.3 Å². The molecule has 1 aromatic rings. The van der Waals surface area contributed by atoms with E-state index in [0.717, 1.165) is 19.5 Å². The molecule has 0 aliphatic carbocycles. The Labute approximate surface area is 120 Å². The summed E-state index contributed by atoms with van der Waals surface area (Å²) in [5.41, 5.74) is 7.61. The van der Waals surface area contributed by atoms with Crippen LogP contribution in [0.5, 0.6) is 0 Å². The number of nitrogens with zero attached hydrogens (tertiary/aromatic N) is 1. The first-order chi connectivity index (χ1) is 8.97. The first kappa shape index (κ1) is 15.0. The van der Waals surface area contributed by atoms with E-state index in [-0.39, 0.29) is 11.6 Å². The minimum atomic E-state index is -0.0312. The highest BCUT2D eigenvalue weighted by Gasteiger charge is 2.36. The van der Waals surface area contributed by atoms with Crippen LogP contribution in [0.3, 0.4) is 0 Å². The Morgan fingerprint density at radius 2 is 2.26 bits per heavy atom. The number of likely N-dealkylation sites (tertiary alicyclic amines) is 1. The van der Waals surface area contributed by atoms with Crippen LogP contribution in [0.15, 0.2) is 11.4 Å². The molecule has 0 bridgehead atoms. The molecule has 2 rings (SSSR count). The van der Waals surface area contributed by atoms with Crippen LogP contribution in [-0.4, -0.2) is 36.7 Å². The normalized spacial score (nSPS) is 28.3. The van der Waals surface area contributed by atoms with Crippen LogP contribution in [0, 0.1) is 6.92 Å². The average molecular weight is 282 g/mol. The Kier molecular flexibility index (Phi) is 4.66. The fraction of sp³-hybridized carbons (Fsp3) is 0.733. The van der Waals surface area contributed by atoms with Crippen molar-refractivity contribution in [3.8, 4) is 0 Å². The molecule has 0 saturated carbocycles. The summed E-state index contributed by atoms with van der Waals surface area (Å²) < 4.78 is 5.71. The van der Waals surface area contributed by atoms with E-state index in [1.807, 2.05) is 18.4 Å². The predicted octanol–water partition coefficient (Wildman–Crippen LogP) is 2.95. The zero-order valence-corrected chi connectivity index (χ0v) is 13.3. The maximum Gasteiger partial charge on any atom is 0.0777 e. The molecule has 0 radical (unpaired) electrons. The van der Waals surface area contributed by atoms with Crippen LogP contribution in [0.4, 0.5) is 0 Å². The van der Waals surface area contributed by atoms with Crippen molar-refractivity contribution in [2.45, 2.75) is 51.3 Å². The van der Waals surface area contributed by atoms with Crippen LogP contribution in [-0.2, 0) is 4.74 Å². The Bertz CT molecular complexity index is 418. The summed E-state index contributed by atoms with van der Waals surface area (Å²) in [6, 6.07) is 2.64. The van der Waals surface area contributed by atoms with Crippen LogP contribution in [0.1, 0.15) is 43.2 Å². The summed E-state index contributed by atoms with van der Waals surface area (Å²) >= 11 is 1.82. The highest BCUT2D eigenvalue weighted by Crippen LogP contribution is 2.35. The molecule has 0 aromatic carbocycles. The highest BCUT2D eigenvalue weighted by molar-refractivity contribution is 7.10. The lowest BCUT2D eigenvalue weighted by molar-refractivity contribution is -0.0634. The largest absolute Gasteiger partial charge is 0.377 e. The lowest BCUT2D eigenvalue weighted by atomic mass is 9.91. The molecule has 19 heavy (non-hydrogen) atoms. The molecule has 1 aliphatic heterocycles. The van der Waals surface area contributed by atoms with Gasteiger partial charge in [0, 0.05) is 24.6 Å². The van der Waals surface area contributed by atoms with Crippen molar-refractivity contribution in [2.75, 3.05) is 20.2 Å². The summed E-state index contributed by atoms with van der Waals surface area (Å²) in [6.45, 7) is 8.58. The maximum atomic E-state index is 6.28. The number of thiophene rings is 1. The molecule has 4 heteroatoms. The van der Waals surface area contributed by atoms with E-state index >= 15 is 0 Å². The van der Waals surface area contributed by atoms with Gasteiger partial charge in [-0.1, -0.05) is 0 Å². The van der Waals surface area contributed by atoms with Crippen molar-refractivity contribution in [3.63, 3.8) is 0 Å². The quantitative estimate of drug-likeness (QED) is 0.923. The molecular formula is C15H26N2OS. The lowest BCUT2D eigenvalue weighted by Crippen LogP contribution is -2.51. The summed E-state index contributed by atoms with van der Waals surface area (Å²) in [6.07, 6.45) is 2.31. The van der Waals surface area contributed by atoms with Crippen molar-refractivity contribution in [1.82, 2.24) is 4.90 Å². The van der Waals surface area contributed by atoms with E-state index in [1.54, 1.807) is 0 Å². The van der Waals surface area contributed by atoms with Crippen molar-refractivity contribution in [2.24, 2.45) is 5.73 Å². The van der Waals surface area contributed by atoms with Crippen molar-refractivity contribution in [1.29, 1.82) is 0 Å². The summed E-state index contributed by atoms with van der Waals surface area (Å²) in [7, 11) is 1.82. The van der Waals surface area contributed by atoms with Crippen molar-refractivity contribution in [3.05, 3.63) is 21.9 Å². The van der Waals surface area contributed by atoms with Crippen LogP contribution < -0.4 is 5.73 Å². The third kappa shape index (κ3) is 3.19. The first-order valence-electron chi connectivity index (χ1n) is 7.05. The Balaban J connectivity index is 2.23. The second kappa shape index (κ2) is 5.92. The standard InChI is InChI=1S/C15H26N2OS/c1-11-6-9-19-14(11)13(12(2)16)17-8-5-7-15(3,10-17)18-4/h6,9,12-13H,5,7-8,10,16H2,1-4H3. The molecule has 0 spiro atoms. The topological polar surface area (TPSA) is 38.5 Å². The molecule has 2 heterocycles. The van der Waals surface area contributed by atoms with E-state index in [4.69, 9.17) is 10.5 Å². The number of ether oxygens (including phenoxy) is 1. The van der Waals surface area contributed by atoms with Gasteiger partial charge in [-0.2, -0.15) is 0 Å². The van der Waals surface area contributed by atoms with Crippen LogP contribution in [0.2, 0.25) is 0 Å². The minimum absolute atomic E-state index is 0.0312. The predicted molar refractivity (Wildman–Crippen MR) is 81.7 cm³/mol. The molecule has 108 valence electrons. The number of piperidine rings is 1. The Hall–Kier alpha value is -0.420. The third-order valence-electron chi connectivity index (χ3n) is 4.24. The van der Waals surface area contributed by atoms with E-state index in [9.17, 15) is 0 Å². The fourth-order valence-corrected chi connectivity index (χ4v) is 4.25. The number of hydrogen-bond acceptors (Lipinski definition) is 4. The van der Waals surface area contributed by atoms with Gasteiger partial charge in [0.25, 0.3) is 0 Å². The number of aryl methyl sites for hydroxylation is 1. The smallest absolute Gasteiger partial charge is 0.0777 e. The molecular weight excluding hydrogens is 256 g/mol. The Morgan fingerprint density at radius 3 is 2.79 bits per heavy atom. The molecule has 1 fully saturated rings.